The van der Waals surface area contributed by atoms with E-state index in [2.05, 4.69) is 10.2 Å². The monoisotopic (exact) mass is 424 g/mol. The van der Waals surface area contributed by atoms with Crippen LogP contribution in [-0.2, 0) is 11.3 Å². The third-order valence-corrected chi connectivity index (χ3v) is 5.37. The van der Waals surface area contributed by atoms with Gasteiger partial charge in [-0.05, 0) is 18.2 Å². The summed E-state index contributed by atoms with van der Waals surface area (Å²) in [5.74, 6) is 2.84. The minimum atomic E-state index is -0.421. The van der Waals surface area contributed by atoms with Crippen LogP contribution in [0.1, 0.15) is 5.76 Å². The molecule has 1 aromatic heterocycles. The summed E-state index contributed by atoms with van der Waals surface area (Å²) in [5, 5.41) is 3.02. The molecule has 7 nitrogen and oxygen atoms in total. The molecule has 2 aromatic rings. The lowest BCUT2D eigenvalue weighted by Gasteiger charge is -2.25. The van der Waals surface area contributed by atoms with Crippen molar-refractivity contribution in [3.63, 3.8) is 0 Å². The summed E-state index contributed by atoms with van der Waals surface area (Å²) in [6, 6.07) is 6.29. The zero-order chi connectivity index (χ0) is 19.9. The number of amides is 1. The SMILES string of the molecule is COc1ccc(NC(=O)COc2coc(CN3CCSCC3)cc2=O)cc1Cl. The van der Waals surface area contributed by atoms with Crippen LogP contribution in [0.2, 0.25) is 5.02 Å². The van der Waals surface area contributed by atoms with Gasteiger partial charge in [-0.15, -0.1) is 0 Å². The van der Waals surface area contributed by atoms with E-state index in [-0.39, 0.29) is 17.8 Å². The second-order valence-corrected chi connectivity index (χ2v) is 7.78. The highest BCUT2D eigenvalue weighted by Crippen LogP contribution is 2.27. The predicted molar refractivity (Wildman–Crippen MR) is 110 cm³/mol. The molecule has 1 aliphatic rings. The lowest BCUT2D eigenvalue weighted by Crippen LogP contribution is -2.32. The van der Waals surface area contributed by atoms with Gasteiger partial charge < -0.3 is 19.2 Å². The maximum Gasteiger partial charge on any atom is 0.262 e. The topological polar surface area (TPSA) is 81.0 Å². The Morgan fingerprint density at radius 3 is 2.75 bits per heavy atom. The van der Waals surface area contributed by atoms with Crippen molar-refractivity contribution >= 4 is 35.0 Å². The van der Waals surface area contributed by atoms with Crippen LogP contribution in [0.5, 0.6) is 11.5 Å². The summed E-state index contributed by atoms with van der Waals surface area (Å²) in [6.07, 6.45) is 1.26. The number of anilines is 1. The van der Waals surface area contributed by atoms with E-state index < -0.39 is 5.91 Å². The summed E-state index contributed by atoms with van der Waals surface area (Å²) in [5.41, 5.74) is 0.189. The van der Waals surface area contributed by atoms with Gasteiger partial charge in [-0.3, -0.25) is 14.5 Å². The largest absolute Gasteiger partial charge is 0.495 e. The number of rotatable bonds is 7. The number of ether oxygens (including phenoxy) is 2. The summed E-state index contributed by atoms with van der Waals surface area (Å²) in [7, 11) is 1.51. The second-order valence-electron chi connectivity index (χ2n) is 6.15. The normalized spacial score (nSPS) is 14.5. The lowest BCUT2D eigenvalue weighted by atomic mass is 10.3. The molecule has 0 unspecified atom stereocenters. The van der Waals surface area contributed by atoms with E-state index in [9.17, 15) is 9.59 Å². The molecule has 0 radical (unpaired) electrons. The van der Waals surface area contributed by atoms with Gasteiger partial charge in [-0.1, -0.05) is 11.6 Å². The van der Waals surface area contributed by atoms with Gasteiger partial charge in [0.15, 0.2) is 6.61 Å². The Morgan fingerprint density at radius 2 is 2.07 bits per heavy atom. The average molecular weight is 425 g/mol. The highest BCUT2D eigenvalue weighted by Gasteiger charge is 2.14. The number of nitrogens with zero attached hydrogens (tertiary/aromatic N) is 1. The molecule has 1 amide bonds. The molecule has 1 N–H and O–H groups in total. The Hall–Kier alpha value is -2.16. The minimum Gasteiger partial charge on any atom is -0.495 e. The first-order valence-corrected chi connectivity index (χ1v) is 10.3. The second kappa shape index (κ2) is 9.86. The molecule has 0 atom stereocenters. The number of benzene rings is 1. The van der Waals surface area contributed by atoms with Crippen LogP contribution in [0.15, 0.2) is 39.7 Å². The first-order valence-electron chi connectivity index (χ1n) is 8.73. The number of nitrogens with one attached hydrogen (secondary N) is 1. The highest BCUT2D eigenvalue weighted by atomic mass is 35.5. The molecule has 150 valence electrons. The van der Waals surface area contributed by atoms with E-state index in [0.717, 1.165) is 24.6 Å². The number of carbonyl (C=O) groups excluding carboxylic acids is 1. The Bertz CT molecular complexity index is 883. The Labute approximate surface area is 171 Å². The molecule has 1 saturated heterocycles. The van der Waals surface area contributed by atoms with Crippen molar-refractivity contribution in [3.8, 4) is 11.5 Å². The van der Waals surface area contributed by atoms with Crippen LogP contribution >= 0.6 is 23.4 Å². The summed E-state index contributed by atoms with van der Waals surface area (Å²) in [4.78, 5) is 26.5. The van der Waals surface area contributed by atoms with E-state index in [1.165, 1.54) is 19.4 Å². The first kappa shape index (κ1) is 20.6. The Kier molecular flexibility index (Phi) is 7.24. The lowest BCUT2D eigenvalue weighted by molar-refractivity contribution is -0.118. The van der Waals surface area contributed by atoms with Crippen LogP contribution < -0.4 is 20.2 Å². The van der Waals surface area contributed by atoms with Crippen LogP contribution in [0, 0.1) is 0 Å². The van der Waals surface area contributed by atoms with E-state index in [4.69, 9.17) is 25.5 Å². The molecule has 0 saturated carbocycles. The minimum absolute atomic E-state index is 0.000799. The Morgan fingerprint density at radius 1 is 1.29 bits per heavy atom. The number of methoxy groups -OCH3 is 1. The van der Waals surface area contributed by atoms with Crippen LogP contribution in [-0.4, -0.2) is 49.1 Å². The van der Waals surface area contributed by atoms with Gasteiger partial charge >= 0.3 is 0 Å². The summed E-state index contributed by atoms with van der Waals surface area (Å²) >= 11 is 7.95. The van der Waals surface area contributed by atoms with Crippen molar-refractivity contribution in [1.29, 1.82) is 0 Å². The van der Waals surface area contributed by atoms with Gasteiger partial charge in [0.25, 0.3) is 5.91 Å². The fourth-order valence-electron chi connectivity index (χ4n) is 2.69. The molecule has 1 aliphatic heterocycles. The standard InChI is InChI=1S/C19H21ClN2O5S/c1-25-17-3-2-13(8-15(17)20)21-19(24)12-27-18-11-26-14(9-16(18)23)10-22-4-6-28-7-5-22/h2-3,8-9,11H,4-7,10,12H2,1H3,(H,21,24). The van der Waals surface area contributed by atoms with Gasteiger partial charge in [0.2, 0.25) is 11.2 Å². The van der Waals surface area contributed by atoms with Crippen LogP contribution in [0.4, 0.5) is 5.69 Å². The number of hydrogen-bond acceptors (Lipinski definition) is 7. The van der Waals surface area contributed by atoms with Crippen molar-refractivity contribution < 1.29 is 18.7 Å². The average Bonchev–Trinajstić information content (AvgIpc) is 2.68. The van der Waals surface area contributed by atoms with Gasteiger partial charge in [-0.25, -0.2) is 0 Å². The van der Waals surface area contributed by atoms with Gasteiger partial charge in [0.1, 0.15) is 17.8 Å². The molecular formula is C19H21ClN2O5S. The van der Waals surface area contributed by atoms with E-state index in [0.29, 0.717) is 28.8 Å². The smallest absolute Gasteiger partial charge is 0.262 e. The van der Waals surface area contributed by atoms with Gasteiger partial charge in [0.05, 0.1) is 18.7 Å². The van der Waals surface area contributed by atoms with Crippen molar-refractivity contribution in [3.05, 3.63) is 51.5 Å². The maximum absolute atomic E-state index is 12.2. The van der Waals surface area contributed by atoms with Crippen LogP contribution in [0.25, 0.3) is 0 Å². The Balaban J connectivity index is 1.53. The van der Waals surface area contributed by atoms with E-state index >= 15 is 0 Å². The number of carbonyl (C=O) groups is 1. The third-order valence-electron chi connectivity index (χ3n) is 4.13. The molecule has 28 heavy (non-hydrogen) atoms. The van der Waals surface area contributed by atoms with E-state index in [1.54, 1.807) is 18.2 Å². The molecule has 1 fully saturated rings. The first-order chi connectivity index (χ1) is 13.5. The molecule has 0 bridgehead atoms. The maximum atomic E-state index is 12.2. The van der Waals surface area contributed by atoms with E-state index in [1.807, 2.05) is 11.8 Å². The molecule has 0 spiro atoms. The predicted octanol–water partition coefficient (Wildman–Crippen LogP) is 2.87. The van der Waals surface area contributed by atoms with Gasteiger partial charge in [-0.2, -0.15) is 11.8 Å². The van der Waals surface area contributed by atoms with Gasteiger partial charge in [0, 0.05) is 36.3 Å². The van der Waals surface area contributed by atoms with Crippen molar-refractivity contribution in [2.24, 2.45) is 0 Å². The zero-order valence-corrected chi connectivity index (χ0v) is 17.0. The third kappa shape index (κ3) is 5.67. The van der Waals surface area contributed by atoms with Crippen molar-refractivity contribution in [2.45, 2.75) is 6.54 Å². The summed E-state index contributed by atoms with van der Waals surface area (Å²) in [6.45, 7) is 2.22. The molecule has 1 aromatic carbocycles. The number of halogens is 1. The summed E-state index contributed by atoms with van der Waals surface area (Å²) < 4.78 is 15.9. The molecule has 2 heterocycles. The van der Waals surface area contributed by atoms with Crippen molar-refractivity contribution in [2.75, 3.05) is 43.6 Å². The number of thioether (sulfide) groups is 1. The number of hydrogen-bond donors (Lipinski definition) is 1. The highest BCUT2D eigenvalue weighted by molar-refractivity contribution is 7.99. The molecule has 9 heteroatoms. The molecule has 3 rings (SSSR count). The van der Waals surface area contributed by atoms with Crippen molar-refractivity contribution in [1.82, 2.24) is 4.90 Å². The molecular weight excluding hydrogens is 404 g/mol. The quantitative estimate of drug-likeness (QED) is 0.731. The molecule has 0 aliphatic carbocycles. The van der Waals surface area contributed by atoms with Crippen LogP contribution in [0.3, 0.4) is 0 Å². The fraction of sp³-hybridized carbons (Fsp3) is 0.368. The zero-order valence-electron chi connectivity index (χ0n) is 15.4. The fourth-order valence-corrected chi connectivity index (χ4v) is 3.93.